The molecule has 2 aromatic heterocycles. The number of ether oxygens (including phenoxy) is 4. The number of benzene rings is 2. The second-order valence-corrected chi connectivity index (χ2v) is 8.82. The van der Waals surface area contributed by atoms with Gasteiger partial charge in [-0.15, -0.1) is 11.3 Å². The largest absolute Gasteiger partial charge is 0.497 e. The molecule has 0 saturated carbocycles. The molecule has 2 heterocycles. The minimum Gasteiger partial charge on any atom is -0.497 e. The van der Waals surface area contributed by atoms with Crippen molar-refractivity contribution in [2.24, 2.45) is 0 Å². The van der Waals surface area contributed by atoms with Gasteiger partial charge in [0.1, 0.15) is 46.7 Å². The van der Waals surface area contributed by atoms with Crippen LogP contribution >= 0.6 is 11.3 Å². The molecule has 0 bridgehead atoms. The van der Waals surface area contributed by atoms with Gasteiger partial charge in [-0.3, -0.25) is 14.2 Å². The smallest absolute Gasteiger partial charge is 0.348 e. The predicted octanol–water partition coefficient (Wildman–Crippen LogP) is 3.66. The number of esters is 1. The minimum atomic E-state index is -0.563. The number of fused-ring (bicyclic) bond motifs is 1. The van der Waals surface area contributed by atoms with Crippen LogP contribution in [-0.4, -0.2) is 48.9 Å². The number of rotatable bonds is 10. The molecule has 192 valence electrons. The molecule has 0 aliphatic rings. The lowest BCUT2D eigenvalue weighted by molar-refractivity contribution is -0.116. The SMILES string of the molecule is COc1ccc(NC(=O)Cn2cnc3sc(C(=O)OCCOc4ccccc4)c(C)c3c2=O)c(OC)c1. The quantitative estimate of drug-likeness (QED) is 0.247. The first-order valence-electron chi connectivity index (χ1n) is 11.3. The van der Waals surface area contributed by atoms with Crippen molar-refractivity contribution in [3.8, 4) is 17.2 Å². The number of anilines is 1. The van der Waals surface area contributed by atoms with E-state index in [4.69, 9.17) is 18.9 Å². The summed E-state index contributed by atoms with van der Waals surface area (Å²) in [5, 5.41) is 3.00. The number of nitrogens with zero attached hydrogens (tertiary/aromatic N) is 2. The van der Waals surface area contributed by atoms with Crippen molar-refractivity contribution in [3.63, 3.8) is 0 Å². The molecule has 0 atom stereocenters. The Balaban J connectivity index is 1.44. The number of amides is 1. The standard InChI is InChI=1S/C26H25N3O7S/c1-16-22-24(37-23(16)26(32)36-12-11-35-17-7-5-4-6-8-17)27-15-29(25(22)31)14-21(30)28-19-10-9-18(33-2)13-20(19)34-3/h4-10,13,15H,11-12,14H2,1-3H3,(H,28,30). The molecule has 1 amide bonds. The number of aryl methyl sites for hydroxylation is 1. The van der Waals surface area contributed by atoms with Crippen LogP contribution in [0.2, 0.25) is 0 Å². The summed E-state index contributed by atoms with van der Waals surface area (Å²) in [6.07, 6.45) is 1.29. The van der Waals surface area contributed by atoms with E-state index in [2.05, 4.69) is 10.3 Å². The Morgan fingerprint density at radius 3 is 2.54 bits per heavy atom. The summed E-state index contributed by atoms with van der Waals surface area (Å²) in [6.45, 7) is 1.63. The van der Waals surface area contributed by atoms with Crippen LogP contribution in [0.3, 0.4) is 0 Å². The molecule has 11 heteroatoms. The fourth-order valence-corrected chi connectivity index (χ4v) is 4.62. The van der Waals surface area contributed by atoms with Gasteiger partial charge in [0.15, 0.2) is 0 Å². The van der Waals surface area contributed by atoms with E-state index in [0.717, 1.165) is 11.3 Å². The molecule has 0 unspecified atom stereocenters. The molecule has 10 nitrogen and oxygen atoms in total. The van der Waals surface area contributed by atoms with Gasteiger partial charge in [0.2, 0.25) is 5.91 Å². The molecule has 2 aromatic carbocycles. The summed E-state index contributed by atoms with van der Waals surface area (Å²) < 4.78 is 22.5. The lowest BCUT2D eigenvalue weighted by atomic mass is 10.2. The van der Waals surface area contributed by atoms with E-state index in [9.17, 15) is 14.4 Å². The van der Waals surface area contributed by atoms with E-state index in [1.54, 1.807) is 25.1 Å². The van der Waals surface area contributed by atoms with Gasteiger partial charge in [0, 0.05) is 6.07 Å². The Labute approximate surface area is 216 Å². The normalized spacial score (nSPS) is 10.7. The highest BCUT2D eigenvalue weighted by Gasteiger charge is 2.21. The van der Waals surface area contributed by atoms with Crippen molar-refractivity contribution in [2.45, 2.75) is 13.5 Å². The summed E-state index contributed by atoms with van der Waals surface area (Å²) in [5.74, 6) is 0.659. The van der Waals surface area contributed by atoms with Gasteiger partial charge in [-0.25, -0.2) is 9.78 Å². The fourth-order valence-electron chi connectivity index (χ4n) is 3.59. The number of hydrogen-bond acceptors (Lipinski definition) is 9. The Hall–Kier alpha value is -4.38. The number of carbonyl (C=O) groups excluding carboxylic acids is 2. The highest BCUT2D eigenvalue weighted by atomic mass is 32.1. The number of methoxy groups -OCH3 is 2. The molecule has 0 aliphatic carbocycles. The average molecular weight is 524 g/mol. The van der Waals surface area contributed by atoms with Gasteiger partial charge in [0.05, 0.1) is 31.6 Å². The first-order valence-corrected chi connectivity index (χ1v) is 12.1. The third-order valence-corrected chi connectivity index (χ3v) is 6.61. The highest BCUT2D eigenvalue weighted by Crippen LogP contribution is 2.29. The third kappa shape index (κ3) is 5.89. The molecule has 0 radical (unpaired) electrons. The van der Waals surface area contributed by atoms with Crippen LogP contribution in [0.25, 0.3) is 10.2 Å². The zero-order chi connectivity index (χ0) is 26.4. The topological polar surface area (TPSA) is 118 Å². The Morgan fingerprint density at radius 2 is 1.81 bits per heavy atom. The minimum absolute atomic E-state index is 0.0497. The third-order valence-electron chi connectivity index (χ3n) is 5.43. The summed E-state index contributed by atoms with van der Waals surface area (Å²) in [4.78, 5) is 43.4. The van der Waals surface area contributed by atoms with Crippen LogP contribution in [-0.2, 0) is 16.1 Å². The zero-order valence-electron chi connectivity index (χ0n) is 20.5. The Bertz CT molecular complexity index is 1480. The van der Waals surface area contributed by atoms with Crippen molar-refractivity contribution >= 4 is 39.1 Å². The number of carbonyl (C=O) groups is 2. The predicted molar refractivity (Wildman–Crippen MR) is 139 cm³/mol. The van der Waals surface area contributed by atoms with Gasteiger partial charge in [-0.2, -0.15) is 0 Å². The summed E-state index contributed by atoms with van der Waals surface area (Å²) in [5.41, 5.74) is 0.462. The van der Waals surface area contributed by atoms with Gasteiger partial charge in [0.25, 0.3) is 5.56 Å². The summed E-state index contributed by atoms with van der Waals surface area (Å²) in [7, 11) is 3.01. The number of nitrogens with one attached hydrogen (secondary N) is 1. The highest BCUT2D eigenvalue weighted by molar-refractivity contribution is 7.20. The zero-order valence-corrected chi connectivity index (χ0v) is 21.3. The van der Waals surface area contributed by atoms with Crippen LogP contribution in [0.5, 0.6) is 17.2 Å². The van der Waals surface area contributed by atoms with Crippen molar-refractivity contribution < 1.29 is 28.5 Å². The molecular formula is C26H25N3O7S. The Kier molecular flexibility index (Phi) is 8.04. The van der Waals surface area contributed by atoms with Crippen molar-refractivity contribution in [2.75, 3.05) is 32.8 Å². The number of thiophene rings is 1. The first kappa shape index (κ1) is 25.7. The maximum atomic E-state index is 13.1. The van der Waals surface area contributed by atoms with Gasteiger partial charge >= 0.3 is 5.97 Å². The average Bonchev–Trinajstić information content (AvgIpc) is 3.26. The van der Waals surface area contributed by atoms with E-state index >= 15 is 0 Å². The molecule has 4 aromatic rings. The van der Waals surface area contributed by atoms with Crippen LogP contribution in [0.4, 0.5) is 5.69 Å². The maximum Gasteiger partial charge on any atom is 0.348 e. The van der Waals surface area contributed by atoms with E-state index in [-0.39, 0.29) is 30.0 Å². The van der Waals surface area contributed by atoms with E-state index in [1.807, 2.05) is 30.3 Å². The number of para-hydroxylation sites is 1. The monoisotopic (exact) mass is 523 g/mol. The van der Waals surface area contributed by atoms with E-state index in [1.165, 1.54) is 25.1 Å². The van der Waals surface area contributed by atoms with Gasteiger partial charge in [-0.05, 0) is 36.8 Å². The Morgan fingerprint density at radius 1 is 1.03 bits per heavy atom. The molecular weight excluding hydrogens is 498 g/mol. The summed E-state index contributed by atoms with van der Waals surface area (Å²) in [6, 6.07) is 14.2. The second-order valence-electron chi connectivity index (χ2n) is 7.83. The van der Waals surface area contributed by atoms with E-state index in [0.29, 0.717) is 33.3 Å². The lowest BCUT2D eigenvalue weighted by Gasteiger charge is -2.12. The summed E-state index contributed by atoms with van der Waals surface area (Å²) >= 11 is 1.07. The first-order chi connectivity index (χ1) is 17.9. The molecule has 0 spiro atoms. The molecule has 0 saturated heterocycles. The number of hydrogen-bond donors (Lipinski definition) is 1. The van der Waals surface area contributed by atoms with Gasteiger partial charge in [-0.1, -0.05) is 18.2 Å². The van der Waals surface area contributed by atoms with Crippen molar-refractivity contribution in [3.05, 3.63) is 75.7 Å². The molecule has 0 fully saturated rings. The van der Waals surface area contributed by atoms with Crippen LogP contribution in [0.15, 0.2) is 59.7 Å². The van der Waals surface area contributed by atoms with Crippen molar-refractivity contribution in [1.82, 2.24) is 9.55 Å². The van der Waals surface area contributed by atoms with Crippen LogP contribution in [0.1, 0.15) is 15.2 Å². The molecule has 0 aliphatic heterocycles. The molecule has 4 rings (SSSR count). The van der Waals surface area contributed by atoms with Crippen LogP contribution in [0, 0.1) is 6.92 Å². The maximum absolute atomic E-state index is 13.1. The van der Waals surface area contributed by atoms with Crippen molar-refractivity contribution in [1.29, 1.82) is 0 Å². The van der Waals surface area contributed by atoms with Gasteiger partial charge < -0.3 is 24.3 Å². The molecule has 1 N–H and O–H groups in total. The molecule has 37 heavy (non-hydrogen) atoms. The van der Waals surface area contributed by atoms with E-state index < -0.39 is 17.4 Å². The lowest BCUT2D eigenvalue weighted by Crippen LogP contribution is -2.28. The second kappa shape index (κ2) is 11.6. The number of aromatic nitrogens is 2. The fraction of sp³-hybridized carbons (Fsp3) is 0.231. The van der Waals surface area contributed by atoms with Crippen LogP contribution < -0.4 is 25.1 Å².